The van der Waals surface area contributed by atoms with Crippen molar-refractivity contribution in [2.45, 2.75) is 27.3 Å². The summed E-state index contributed by atoms with van der Waals surface area (Å²) in [5, 5.41) is 1.87. The van der Waals surface area contributed by atoms with Crippen molar-refractivity contribution in [3.8, 4) is 5.75 Å². The van der Waals surface area contributed by atoms with Crippen LogP contribution < -0.4 is 9.54 Å². The third-order valence-corrected chi connectivity index (χ3v) is 3.82. The van der Waals surface area contributed by atoms with E-state index in [0.717, 1.165) is 11.3 Å². The fourth-order valence-corrected chi connectivity index (χ4v) is 2.82. The molecule has 2 aromatic rings. The second-order valence-corrected chi connectivity index (χ2v) is 5.63. The van der Waals surface area contributed by atoms with Crippen molar-refractivity contribution in [2.24, 2.45) is 4.99 Å². The van der Waals surface area contributed by atoms with E-state index >= 15 is 0 Å². The summed E-state index contributed by atoms with van der Waals surface area (Å²) in [5.74, 6) is 0.506. The van der Waals surface area contributed by atoms with Crippen LogP contribution >= 0.6 is 11.3 Å². The molecule has 0 N–H and O–H groups in total. The van der Waals surface area contributed by atoms with Crippen LogP contribution in [0.2, 0.25) is 0 Å². The lowest BCUT2D eigenvalue weighted by Gasteiger charge is -2.12. The Hall–Kier alpha value is -2.21. The number of thiazole rings is 1. The number of nitrogens with zero attached hydrogens (tertiary/aromatic N) is 2. The van der Waals surface area contributed by atoms with Crippen LogP contribution in [0, 0.1) is 0 Å². The van der Waals surface area contributed by atoms with Gasteiger partial charge in [0, 0.05) is 29.6 Å². The van der Waals surface area contributed by atoms with Crippen molar-refractivity contribution >= 4 is 23.0 Å². The van der Waals surface area contributed by atoms with Gasteiger partial charge in [-0.25, -0.2) is 0 Å². The Balaban J connectivity index is 2.43. The molecule has 0 saturated carbocycles. The predicted octanol–water partition coefficient (Wildman–Crippen LogP) is 2.65. The Labute approximate surface area is 132 Å². The van der Waals surface area contributed by atoms with Crippen LogP contribution in [-0.4, -0.2) is 22.9 Å². The molecular weight excluding hydrogens is 300 g/mol. The van der Waals surface area contributed by atoms with Gasteiger partial charge in [0.2, 0.25) is 5.91 Å². The Kier molecular flexibility index (Phi) is 5.27. The summed E-state index contributed by atoms with van der Waals surface area (Å²) in [6.45, 7) is 5.91. The molecule has 0 aliphatic heterocycles. The van der Waals surface area contributed by atoms with Crippen molar-refractivity contribution in [1.29, 1.82) is 0 Å². The third-order valence-electron chi connectivity index (χ3n) is 3.02. The number of carbonyl (C=O) groups is 2. The van der Waals surface area contributed by atoms with Gasteiger partial charge in [0.1, 0.15) is 5.75 Å². The Morgan fingerprint density at radius 2 is 2.09 bits per heavy atom. The lowest BCUT2D eigenvalue weighted by Crippen LogP contribution is -2.17. The molecule has 0 spiro atoms. The summed E-state index contributed by atoms with van der Waals surface area (Å²) < 4.78 is 7.49. The first-order valence-corrected chi connectivity index (χ1v) is 7.85. The minimum atomic E-state index is -0.237. The molecule has 1 aromatic heterocycles. The monoisotopic (exact) mass is 318 g/mol. The standard InChI is InChI=1S/C16H18N2O3S/c1-4-21-15-6-5-13(11(2)19)9-14(15)10-18-7-8-22-16(18)17-12(3)20/h5-9H,4,10H2,1-3H3. The van der Waals surface area contributed by atoms with E-state index in [2.05, 4.69) is 4.99 Å². The SMILES string of the molecule is CCOc1ccc(C(C)=O)cc1Cn1ccsc1=NC(C)=O. The molecule has 0 aliphatic carbocycles. The van der Waals surface area contributed by atoms with E-state index in [-0.39, 0.29) is 11.7 Å². The summed E-state index contributed by atoms with van der Waals surface area (Å²) >= 11 is 1.39. The molecule has 0 bridgehead atoms. The fourth-order valence-electron chi connectivity index (χ4n) is 2.04. The van der Waals surface area contributed by atoms with Crippen LogP contribution in [0.5, 0.6) is 5.75 Å². The van der Waals surface area contributed by atoms with Crippen molar-refractivity contribution < 1.29 is 14.3 Å². The zero-order valence-electron chi connectivity index (χ0n) is 12.8. The lowest BCUT2D eigenvalue weighted by atomic mass is 10.1. The molecule has 0 fully saturated rings. The van der Waals surface area contributed by atoms with Gasteiger partial charge in [-0.3, -0.25) is 9.59 Å². The highest BCUT2D eigenvalue weighted by Crippen LogP contribution is 2.21. The second kappa shape index (κ2) is 7.17. The third kappa shape index (κ3) is 3.92. The van der Waals surface area contributed by atoms with Gasteiger partial charge < -0.3 is 9.30 Å². The van der Waals surface area contributed by atoms with Gasteiger partial charge in [-0.15, -0.1) is 11.3 Å². The van der Waals surface area contributed by atoms with E-state index in [9.17, 15) is 9.59 Å². The largest absolute Gasteiger partial charge is 0.494 e. The molecular formula is C16H18N2O3S. The summed E-state index contributed by atoms with van der Waals surface area (Å²) in [4.78, 5) is 27.4. The fraction of sp³-hybridized carbons (Fsp3) is 0.312. The number of hydrogen-bond donors (Lipinski definition) is 0. The maximum Gasteiger partial charge on any atom is 0.245 e. The van der Waals surface area contributed by atoms with E-state index < -0.39 is 0 Å². The van der Waals surface area contributed by atoms with Gasteiger partial charge in [-0.2, -0.15) is 4.99 Å². The first-order valence-electron chi connectivity index (χ1n) is 6.97. The zero-order valence-corrected chi connectivity index (χ0v) is 13.6. The van der Waals surface area contributed by atoms with E-state index in [0.29, 0.717) is 23.5 Å². The smallest absolute Gasteiger partial charge is 0.245 e. The van der Waals surface area contributed by atoms with Crippen LogP contribution in [0.1, 0.15) is 36.7 Å². The van der Waals surface area contributed by atoms with Gasteiger partial charge >= 0.3 is 0 Å². The number of Topliss-reactive ketones (excluding diaryl/α,β-unsaturated/α-hetero) is 1. The van der Waals surface area contributed by atoms with Crippen LogP contribution in [0.3, 0.4) is 0 Å². The van der Waals surface area contributed by atoms with Gasteiger partial charge in [0.05, 0.1) is 13.2 Å². The minimum Gasteiger partial charge on any atom is -0.494 e. The normalized spacial score (nSPS) is 11.5. The molecule has 0 radical (unpaired) electrons. The second-order valence-electron chi connectivity index (χ2n) is 4.76. The molecule has 0 unspecified atom stereocenters. The molecule has 116 valence electrons. The Morgan fingerprint density at radius 1 is 1.32 bits per heavy atom. The van der Waals surface area contributed by atoms with Crippen molar-refractivity contribution in [1.82, 2.24) is 4.57 Å². The quantitative estimate of drug-likeness (QED) is 0.796. The highest BCUT2D eigenvalue weighted by atomic mass is 32.1. The number of ketones is 1. The summed E-state index contributed by atoms with van der Waals surface area (Å²) in [6, 6.07) is 5.40. The van der Waals surface area contributed by atoms with Crippen molar-refractivity contribution in [3.63, 3.8) is 0 Å². The number of carbonyl (C=O) groups excluding carboxylic acids is 2. The maximum absolute atomic E-state index is 11.6. The summed E-state index contributed by atoms with van der Waals surface area (Å²) in [5.41, 5.74) is 1.53. The predicted molar refractivity (Wildman–Crippen MR) is 85.3 cm³/mol. The van der Waals surface area contributed by atoms with Gasteiger partial charge in [0.25, 0.3) is 0 Å². The Bertz CT molecular complexity index is 759. The minimum absolute atomic E-state index is 0.00765. The van der Waals surface area contributed by atoms with Crippen molar-refractivity contribution in [3.05, 3.63) is 45.7 Å². The number of rotatable bonds is 5. The lowest BCUT2D eigenvalue weighted by molar-refractivity contribution is -0.116. The molecule has 0 saturated heterocycles. The summed E-state index contributed by atoms with van der Waals surface area (Å²) in [7, 11) is 0. The van der Waals surface area contributed by atoms with Gasteiger partial charge in [-0.1, -0.05) is 0 Å². The highest BCUT2D eigenvalue weighted by Gasteiger charge is 2.09. The van der Waals surface area contributed by atoms with Crippen LogP contribution in [-0.2, 0) is 11.3 Å². The van der Waals surface area contributed by atoms with Crippen LogP contribution in [0.15, 0.2) is 34.8 Å². The number of amides is 1. The highest BCUT2D eigenvalue weighted by molar-refractivity contribution is 7.07. The number of hydrogen-bond acceptors (Lipinski definition) is 4. The topological polar surface area (TPSA) is 60.7 Å². The first kappa shape index (κ1) is 16.2. The number of ether oxygens (including phenoxy) is 1. The van der Waals surface area contributed by atoms with Crippen LogP contribution in [0.4, 0.5) is 0 Å². The Morgan fingerprint density at radius 3 is 2.73 bits per heavy atom. The average Bonchev–Trinajstić information content (AvgIpc) is 2.87. The first-order chi connectivity index (χ1) is 10.5. The zero-order chi connectivity index (χ0) is 16.1. The molecule has 1 heterocycles. The number of benzene rings is 1. The van der Waals surface area contributed by atoms with E-state index in [1.807, 2.05) is 35.2 Å². The molecule has 5 nitrogen and oxygen atoms in total. The maximum atomic E-state index is 11.6. The molecule has 1 amide bonds. The van der Waals surface area contributed by atoms with Crippen LogP contribution in [0.25, 0.3) is 0 Å². The van der Waals surface area contributed by atoms with Crippen molar-refractivity contribution in [2.75, 3.05) is 6.61 Å². The van der Waals surface area contributed by atoms with E-state index in [1.54, 1.807) is 6.07 Å². The van der Waals surface area contributed by atoms with Gasteiger partial charge in [-0.05, 0) is 32.0 Å². The number of aromatic nitrogens is 1. The average molecular weight is 318 g/mol. The van der Waals surface area contributed by atoms with Gasteiger partial charge in [0.15, 0.2) is 10.6 Å². The molecule has 0 aliphatic rings. The molecule has 6 heteroatoms. The molecule has 22 heavy (non-hydrogen) atoms. The van der Waals surface area contributed by atoms with E-state index in [1.165, 1.54) is 25.2 Å². The molecule has 2 rings (SSSR count). The molecule has 1 aromatic carbocycles. The molecule has 0 atom stereocenters. The summed E-state index contributed by atoms with van der Waals surface area (Å²) in [6.07, 6.45) is 1.86. The van der Waals surface area contributed by atoms with E-state index in [4.69, 9.17) is 4.74 Å².